The van der Waals surface area contributed by atoms with Crippen molar-refractivity contribution < 1.29 is 17.6 Å². The average molecular weight is 520 g/mol. The number of anilines is 1. The molecule has 3 aromatic rings. The monoisotopic (exact) mass is 519 g/mol. The molecular formula is C21H24Cl2FN3O3S2. The lowest BCUT2D eigenvalue weighted by Gasteiger charge is -2.22. The number of aromatic nitrogens is 1. The minimum absolute atomic E-state index is 0. The zero-order valence-corrected chi connectivity index (χ0v) is 21.0. The van der Waals surface area contributed by atoms with Gasteiger partial charge in [-0.05, 0) is 63.0 Å². The molecule has 0 N–H and O–H groups in total. The molecule has 0 unspecified atom stereocenters. The second-order valence-electron chi connectivity index (χ2n) is 7.39. The van der Waals surface area contributed by atoms with Crippen molar-refractivity contribution in [2.24, 2.45) is 0 Å². The summed E-state index contributed by atoms with van der Waals surface area (Å²) in [4.78, 5) is 21.1. The van der Waals surface area contributed by atoms with Gasteiger partial charge in [-0.3, -0.25) is 9.69 Å². The van der Waals surface area contributed by atoms with Crippen molar-refractivity contribution in [1.29, 1.82) is 0 Å². The molecule has 0 bridgehead atoms. The Morgan fingerprint density at radius 3 is 2.41 bits per heavy atom. The molecule has 1 heterocycles. The number of carbonyl (C=O) groups excluding carboxylic acids is 1. The molecule has 0 atom stereocenters. The first-order chi connectivity index (χ1) is 14.6. The van der Waals surface area contributed by atoms with E-state index in [9.17, 15) is 17.6 Å². The Bertz CT molecular complexity index is 1200. The van der Waals surface area contributed by atoms with Gasteiger partial charge in [0.05, 0.1) is 20.9 Å². The van der Waals surface area contributed by atoms with Crippen LogP contribution in [0.25, 0.3) is 10.2 Å². The molecule has 0 spiro atoms. The highest BCUT2D eigenvalue weighted by molar-refractivity contribution is 7.91. The molecule has 0 aliphatic heterocycles. The first-order valence-electron chi connectivity index (χ1n) is 9.57. The average Bonchev–Trinajstić information content (AvgIpc) is 3.14. The van der Waals surface area contributed by atoms with Crippen molar-refractivity contribution in [3.8, 4) is 0 Å². The van der Waals surface area contributed by atoms with Gasteiger partial charge in [-0.25, -0.2) is 17.8 Å². The third kappa shape index (κ3) is 6.17. The molecule has 0 fully saturated rings. The molecule has 0 aliphatic rings. The Labute approximate surface area is 202 Å². The van der Waals surface area contributed by atoms with E-state index in [1.54, 1.807) is 6.07 Å². The number of amides is 1. The SMILES string of the molecule is Cc1c(Cl)ccc2sc(N(CCN(C)C)C(=O)CCS(=O)(=O)c3ccc(F)cc3)nc12.Cl. The first kappa shape index (κ1) is 26.5. The molecule has 0 radical (unpaired) electrons. The third-order valence-corrected chi connectivity index (χ3v) is 7.98. The number of hydrogen-bond donors (Lipinski definition) is 0. The molecule has 2 aromatic carbocycles. The van der Waals surface area contributed by atoms with Gasteiger partial charge in [0, 0.05) is 24.5 Å². The molecule has 174 valence electrons. The van der Waals surface area contributed by atoms with Gasteiger partial charge in [-0.2, -0.15) is 0 Å². The lowest BCUT2D eigenvalue weighted by Crippen LogP contribution is -2.37. The molecule has 1 amide bonds. The number of carbonyl (C=O) groups is 1. The van der Waals surface area contributed by atoms with Crippen LogP contribution in [-0.2, 0) is 14.6 Å². The number of sulfone groups is 1. The highest BCUT2D eigenvalue weighted by Gasteiger charge is 2.24. The fraction of sp³-hybridized carbons (Fsp3) is 0.333. The Morgan fingerprint density at radius 2 is 1.78 bits per heavy atom. The molecular weight excluding hydrogens is 496 g/mol. The van der Waals surface area contributed by atoms with Gasteiger partial charge in [-0.1, -0.05) is 22.9 Å². The molecule has 0 aliphatic carbocycles. The van der Waals surface area contributed by atoms with E-state index in [1.165, 1.54) is 28.4 Å². The van der Waals surface area contributed by atoms with Crippen LogP contribution in [0, 0.1) is 12.7 Å². The molecule has 32 heavy (non-hydrogen) atoms. The number of halogens is 3. The van der Waals surface area contributed by atoms with Crippen LogP contribution in [0.4, 0.5) is 9.52 Å². The second kappa shape index (κ2) is 10.9. The van der Waals surface area contributed by atoms with Gasteiger partial charge in [0.1, 0.15) is 5.82 Å². The van der Waals surface area contributed by atoms with Crippen molar-refractivity contribution in [1.82, 2.24) is 9.88 Å². The Kier molecular flexibility index (Phi) is 9.01. The van der Waals surface area contributed by atoms with Crippen LogP contribution in [0.5, 0.6) is 0 Å². The Balaban J connectivity index is 0.00000363. The number of aryl methyl sites for hydroxylation is 1. The number of fused-ring (bicyclic) bond motifs is 1. The third-order valence-electron chi connectivity index (χ3n) is 4.80. The van der Waals surface area contributed by atoms with Crippen molar-refractivity contribution in [2.45, 2.75) is 18.2 Å². The zero-order valence-electron chi connectivity index (χ0n) is 17.8. The summed E-state index contributed by atoms with van der Waals surface area (Å²) in [6, 6.07) is 8.25. The van der Waals surface area contributed by atoms with E-state index in [4.69, 9.17) is 11.6 Å². The number of benzene rings is 2. The maximum Gasteiger partial charge on any atom is 0.229 e. The predicted octanol–water partition coefficient (Wildman–Crippen LogP) is 4.58. The number of rotatable bonds is 8. The van der Waals surface area contributed by atoms with Crippen LogP contribution in [0.15, 0.2) is 41.3 Å². The molecule has 11 heteroatoms. The summed E-state index contributed by atoms with van der Waals surface area (Å²) in [5, 5.41) is 1.10. The second-order valence-corrected chi connectivity index (χ2v) is 10.9. The summed E-state index contributed by atoms with van der Waals surface area (Å²) in [6.07, 6.45) is -0.206. The van der Waals surface area contributed by atoms with Crippen molar-refractivity contribution in [2.75, 3.05) is 37.8 Å². The van der Waals surface area contributed by atoms with Gasteiger partial charge in [-0.15, -0.1) is 12.4 Å². The van der Waals surface area contributed by atoms with Gasteiger partial charge < -0.3 is 4.90 Å². The van der Waals surface area contributed by atoms with E-state index in [1.807, 2.05) is 32.0 Å². The summed E-state index contributed by atoms with van der Waals surface area (Å²) in [6.45, 7) is 2.83. The van der Waals surface area contributed by atoms with Crippen LogP contribution in [0.1, 0.15) is 12.0 Å². The van der Waals surface area contributed by atoms with E-state index >= 15 is 0 Å². The zero-order chi connectivity index (χ0) is 22.8. The van der Waals surface area contributed by atoms with Crippen molar-refractivity contribution in [3.63, 3.8) is 0 Å². The molecule has 0 saturated heterocycles. The summed E-state index contributed by atoms with van der Waals surface area (Å²) < 4.78 is 39.1. The number of thiazole rings is 1. The molecule has 0 saturated carbocycles. The minimum Gasteiger partial charge on any atom is -0.308 e. The van der Waals surface area contributed by atoms with Gasteiger partial charge >= 0.3 is 0 Å². The maximum atomic E-state index is 13.1. The van der Waals surface area contributed by atoms with Crippen LogP contribution in [-0.4, -0.2) is 57.1 Å². The van der Waals surface area contributed by atoms with E-state index in [0.717, 1.165) is 27.9 Å². The first-order valence-corrected chi connectivity index (χ1v) is 12.4. The highest BCUT2D eigenvalue weighted by atomic mass is 35.5. The quantitative estimate of drug-likeness (QED) is 0.407. The fourth-order valence-corrected chi connectivity index (χ4v) is 5.40. The summed E-state index contributed by atoms with van der Waals surface area (Å²) in [7, 11) is 0.0705. The normalized spacial score (nSPS) is 11.6. The maximum absolute atomic E-state index is 13.1. The number of nitrogens with zero attached hydrogens (tertiary/aromatic N) is 3. The van der Waals surface area contributed by atoms with Crippen LogP contribution >= 0.6 is 35.3 Å². The van der Waals surface area contributed by atoms with E-state index < -0.39 is 15.7 Å². The lowest BCUT2D eigenvalue weighted by molar-refractivity contribution is -0.118. The number of likely N-dealkylation sites (N-methyl/N-ethyl adjacent to an activating group) is 1. The Morgan fingerprint density at radius 1 is 1.12 bits per heavy atom. The standard InChI is InChI=1S/C21H23ClFN3O3S2.ClH/c1-14-17(22)8-9-18-20(14)24-21(30-18)26(12-11-25(2)3)19(27)10-13-31(28,29)16-6-4-15(23)5-7-16;/h4-9H,10-13H2,1-3H3;1H. The summed E-state index contributed by atoms with van der Waals surface area (Å²) in [5.41, 5.74) is 1.56. The largest absolute Gasteiger partial charge is 0.308 e. The van der Waals surface area contributed by atoms with Crippen molar-refractivity contribution in [3.05, 3.63) is 52.8 Å². The minimum atomic E-state index is -3.72. The molecule has 6 nitrogen and oxygen atoms in total. The van der Waals surface area contributed by atoms with Gasteiger partial charge in [0.2, 0.25) is 5.91 Å². The van der Waals surface area contributed by atoms with E-state index in [2.05, 4.69) is 4.98 Å². The summed E-state index contributed by atoms with van der Waals surface area (Å²) in [5.74, 6) is -1.22. The molecule has 3 rings (SSSR count). The number of hydrogen-bond acceptors (Lipinski definition) is 6. The van der Waals surface area contributed by atoms with Gasteiger partial charge in [0.25, 0.3) is 0 Å². The van der Waals surface area contributed by atoms with E-state index in [0.29, 0.717) is 23.2 Å². The fourth-order valence-electron chi connectivity index (χ4n) is 2.95. The molecule has 1 aromatic heterocycles. The van der Waals surface area contributed by atoms with Crippen molar-refractivity contribution >= 4 is 66.4 Å². The van der Waals surface area contributed by atoms with Gasteiger partial charge in [0.15, 0.2) is 15.0 Å². The van der Waals surface area contributed by atoms with E-state index in [-0.39, 0.29) is 35.4 Å². The van der Waals surface area contributed by atoms with Crippen LogP contribution in [0.2, 0.25) is 5.02 Å². The smallest absolute Gasteiger partial charge is 0.229 e. The van der Waals surface area contributed by atoms with Crippen LogP contribution in [0.3, 0.4) is 0 Å². The summed E-state index contributed by atoms with van der Waals surface area (Å²) >= 11 is 7.56. The lowest BCUT2D eigenvalue weighted by atomic mass is 10.2. The highest BCUT2D eigenvalue weighted by Crippen LogP contribution is 2.33. The predicted molar refractivity (Wildman–Crippen MR) is 131 cm³/mol. The van der Waals surface area contributed by atoms with Crippen LogP contribution < -0.4 is 4.90 Å². The topological polar surface area (TPSA) is 70.6 Å². The Hall–Kier alpha value is -1.78.